The highest BCUT2D eigenvalue weighted by Gasteiger charge is 2.41. The number of piperidine rings is 1. The van der Waals surface area contributed by atoms with Gasteiger partial charge in [0.25, 0.3) is 5.91 Å². The topological polar surface area (TPSA) is 95.7 Å². The van der Waals surface area contributed by atoms with E-state index in [1.165, 1.54) is 11.0 Å². The molecule has 8 heteroatoms. The lowest BCUT2D eigenvalue weighted by Crippen LogP contribution is -2.51. The van der Waals surface area contributed by atoms with E-state index in [0.717, 1.165) is 29.7 Å². The van der Waals surface area contributed by atoms with E-state index in [0.29, 0.717) is 17.8 Å². The van der Waals surface area contributed by atoms with Gasteiger partial charge in [0.05, 0.1) is 0 Å². The number of carbonyl (C=O) groups excluding carboxylic acids is 1. The summed E-state index contributed by atoms with van der Waals surface area (Å²) in [5, 5.41) is 23.7. The number of rotatable bonds is 3. The molecule has 1 saturated heterocycles. The van der Waals surface area contributed by atoms with Gasteiger partial charge in [-0.05, 0) is 37.8 Å². The summed E-state index contributed by atoms with van der Waals surface area (Å²) in [4.78, 5) is 25.8. The van der Waals surface area contributed by atoms with Crippen LogP contribution in [0.15, 0.2) is 18.2 Å². The quantitative estimate of drug-likeness (QED) is 0.838. The maximum absolute atomic E-state index is 14.5. The second-order valence-corrected chi connectivity index (χ2v) is 7.57. The molecule has 2 aliphatic rings. The summed E-state index contributed by atoms with van der Waals surface area (Å²) in [6, 6.07) is 4.83. The molecular weight excluding hydrogens is 365 g/mol. The van der Waals surface area contributed by atoms with Crippen molar-refractivity contribution in [1.82, 2.24) is 14.7 Å². The SMILES string of the molecule is Cc1cccc(F)c1-n1nc(C(=O)N2CCC(O)(C(=O)O)CC2)c2c1CCC2. The first-order chi connectivity index (χ1) is 13.3. The van der Waals surface area contributed by atoms with Gasteiger partial charge in [-0.2, -0.15) is 5.10 Å². The number of aryl methyl sites for hydroxylation is 1. The van der Waals surface area contributed by atoms with Crippen molar-refractivity contribution in [3.8, 4) is 5.69 Å². The molecule has 0 atom stereocenters. The molecule has 4 rings (SSSR count). The Bertz CT molecular complexity index is 940. The third-order valence-electron chi connectivity index (χ3n) is 5.81. The van der Waals surface area contributed by atoms with Crippen LogP contribution in [0.5, 0.6) is 0 Å². The van der Waals surface area contributed by atoms with Gasteiger partial charge in [0.2, 0.25) is 0 Å². The minimum absolute atomic E-state index is 0.0244. The Morgan fingerprint density at radius 3 is 2.57 bits per heavy atom. The number of nitrogens with zero attached hydrogens (tertiary/aromatic N) is 3. The summed E-state index contributed by atoms with van der Waals surface area (Å²) in [7, 11) is 0. The summed E-state index contributed by atoms with van der Waals surface area (Å²) in [5.74, 6) is -1.95. The van der Waals surface area contributed by atoms with Gasteiger partial charge in [-0.15, -0.1) is 0 Å². The number of fused-ring (bicyclic) bond motifs is 1. The summed E-state index contributed by atoms with van der Waals surface area (Å²) in [5.41, 5.74) is 1.31. The number of para-hydroxylation sites is 1. The predicted molar refractivity (Wildman–Crippen MR) is 98.0 cm³/mol. The van der Waals surface area contributed by atoms with E-state index in [2.05, 4.69) is 5.10 Å². The Hall–Kier alpha value is -2.74. The van der Waals surface area contributed by atoms with E-state index >= 15 is 0 Å². The fraction of sp³-hybridized carbons (Fsp3) is 0.450. The van der Waals surface area contributed by atoms with Crippen molar-refractivity contribution in [3.63, 3.8) is 0 Å². The molecule has 2 aromatic rings. The van der Waals surface area contributed by atoms with Crippen LogP contribution in [0, 0.1) is 12.7 Å². The predicted octanol–water partition coefficient (Wildman–Crippen LogP) is 1.86. The molecule has 28 heavy (non-hydrogen) atoms. The minimum Gasteiger partial charge on any atom is -0.479 e. The highest BCUT2D eigenvalue weighted by molar-refractivity contribution is 5.94. The fourth-order valence-corrected chi connectivity index (χ4v) is 4.13. The number of aromatic nitrogens is 2. The number of amides is 1. The number of benzene rings is 1. The van der Waals surface area contributed by atoms with Gasteiger partial charge in [0, 0.05) is 37.2 Å². The van der Waals surface area contributed by atoms with Crippen molar-refractivity contribution in [1.29, 1.82) is 0 Å². The van der Waals surface area contributed by atoms with Crippen LogP contribution < -0.4 is 0 Å². The molecule has 0 saturated carbocycles. The van der Waals surface area contributed by atoms with Crippen molar-refractivity contribution in [2.24, 2.45) is 0 Å². The first kappa shape index (κ1) is 18.6. The lowest BCUT2D eigenvalue weighted by Gasteiger charge is -2.35. The van der Waals surface area contributed by atoms with Gasteiger partial charge >= 0.3 is 5.97 Å². The average Bonchev–Trinajstić information content (AvgIpc) is 3.25. The molecule has 7 nitrogen and oxygen atoms in total. The van der Waals surface area contributed by atoms with Crippen LogP contribution in [0.25, 0.3) is 5.69 Å². The molecule has 1 aromatic carbocycles. The second kappa shape index (κ2) is 6.70. The van der Waals surface area contributed by atoms with Crippen molar-refractivity contribution in [2.75, 3.05) is 13.1 Å². The molecule has 1 aliphatic carbocycles. The van der Waals surface area contributed by atoms with Crippen molar-refractivity contribution >= 4 is 11.9 Å². The van der Waals surface area contributed by atoms with Crippen molar-refractivity contribution < 1.29 is 24.2 Å². The highest BCUT2D eigenvalue weighted by atomic mass is 19.1. The van der Waals surface area contributed by atoms with Crippen LogP contribution in [-0.2, 0) is 17.6 Å². The molecule has 1 aromatic heterocycles. The Labute approximate surface area is 161 Å². The van der Waals surface area contributed by atoms with Gasteiger partial charge in [-0.3, -0.25) is 4.79 Å². The third kappa shape index (κ3) is 2.88. The number of carboxylic acids is 1. The monoisotopic (exact) mass is 387 g/mol. The zero-order chi connectivity index (χ0) is 20.1. The third-order valence-corrected chi connectivity index (χ3v) is 5.81. The normalized spacial score (nSPS) is 18.2. The van der Waals surface area contributed by atoms with Gasteiger partial charge in [-0.25, -0.2) is 13.9 Å². The van der Waals surface area contributed by atoms with Gasteiger partial charge in [0.15, 0.2) is 11.3 Å². The first-order valence-electron chi connectivity index (χ1n) is 9.43. The number of likely N-dealkylation sites (tertiary alicyclic amines) is 1. The minimum atomic E-state index is -1.79. The number of carboxylic acid groups (broad SMARTS) is 1. The van der Waals surface area contributed by atoms with E-state index in [1.807, 2.05) is 0 Å². The Balaban J connectivity index is 1.67. The smallest absolute Gasteiger partial charge is 0.335 e. The van der Waals surface area contributed by atoms with Crippen molar-refractivity contribution in [3.05, 3.63) is 46.5 Å². The zero-order valence-corrected chi connectivity index (χ0v) is 15.6. The first-order valence-corrected chi connectivity index (χ1v) is 9.43. The summed E-state index contributed by atoms with van der Waals surface area (Å²) < 4.78 is 16.0. The van der Waals surface area contributed by atoms with Crippen LogP contribution >= 0.6 is 0 Å². The molecule has 2 N–H and O–H groups in total. The van der Waals surface area contributed by atoms with Gasteiger partial charge in [0.1, 0.15) is 11.5 Å². The molecular formula is C20H22FN3O4. The Morgan fingerprint density at radius 2 is 1.93 bits per heavy atom. The summed E-state index contributed by atoms with van der Waals surface area (Å²) in [6.45, 7) is 2.09. The fourth-order valence-electron chi connectivity index (χ4n) is 4.13. The number of halogens is 1. The van der Waals surface area contributed by atoms with Crippen LogP contribution in [0.3, 0.4) is 0 Å². The Morgan fingerprint density at radius 1 is 1.21 bits per heavy atom. The second-order valence-electron chi connectivity index (χ2n) is 7.57. The molecule has 1 amide bonds. The van der Waals surface area contributed by atoms with E-state index in [9.17, 15) is 19.1 Å². The highest BCUT2D eigenvalue weighted by Crippen LogP contribution is 2.31. The average molecular weight is 387 g/mol. The molecule has 0 radical (unpaired) electrons. The van der Waals surface area contributed by atoms with Crippen LogP contribution in [0.4, 0.5) is 4.39 Å². The number of hydrogen-bond donors (Lipinski definition) is 2. The lowest BCUT2D eigenvalue weighted by atomic mass is 9.91. The standard InChI is InChI=1S/C20H22FN3O4/c1-12-4-2-6-14(21)17(12)24-15-7-3-5-13(15)16(22-24)18(25)23-10-8-20(28,9-11-23)19(26)27/h2,4,6,28H,3,5,7-11H2,1H3,(H,26,27). The van der Waals surface area contributed by atoms with Gasteiger partial charge < -0.3 is 15.1 Å². The maximum atomic E-state index is 14.5. The Kier molecular flexibility index (Phi) is 4.45. The molecule has 148 valence electrons. The van der Waals surface area contributed by atoms with Crippen LogP contribution in [0.2, 0.25) is 0 Å². The van der Waals surface area contributed by atoms with E-state index in [1.54, 1.807) is 23.7 Å². The maximum Gasteiger partial charge on any atom is 0.335 e. The summed E-state index contributed by atoms with van der Waals surface area (Å²) >= 11 is 0. The molecule has 0 unspecified atom stereocenters. The van der Waals surface area contributed by atoms with E-state index in [4.69, 9.17) is 5.11 Å². The van der Waals surface area contributed by atoms with Crippen LogP contribution in [0.1, 0.15) is 46.6 Å². The number of carbonyl (C=O) groups is 2. The molecule has 1 fully saturated rings. The molecule has 2 heterocycles. The van der Waals surface area contributed by atoms with Gasteiger partial charge in [-0.1, -0.05) is 12.1 Å². The molecule has 1 aliphatic heterocycles. The van der Waals surface area contributed by atoms with E-state index in [-0.39, 0.29) is 37.7 Å². The lowest BCUT2D eigenvalue weighted by molar-refractivity contribution is -0.162. The number of hydrogen-bond acceptors (Lipinski definition) is 4. The molecule has 0 spiro atoms. The van der Waals surface area contributed by atoms with E-state index < -0.39 is 11.6 Å². The number of aliphatic carboxylic acids is 1. The van der Waals surface area contributed by atoms with Crippen LogP contribution in [-0.4, -0.2) is 55.5 Å². The molecule has 0 bridgehead atoms. The largest absolute Gasteiger partial charge is 0.479 e. The van der Waals surface area contributed by atoms with Crippen molar-refractivity contribution in [2.45, 2.75) is 44.6 Å². The number of aliphatic hydroxyl groups is 1. The summed E-state index contributed by atoms with van der Waals surface area (Å²) in [6.07, 6.45) is 2.26. The zero-order valence-electron chi connectivity index (χ0n) is 15.6.